The molecule has 3 nitrogen and oxygen atoms in total. The normalized spacial score (nSPS) is 15.4. The second-order valence-electron chi connectivity index (χ2n) is 5.85. The number of aliphatic hydroxyl groups is 1. The maximum atomic E-state index is 12.2. The van der Waals surface area contributed by atoms with Gasteiger partial charge in [0.05, 0.1) is 12.5 Å². The van der Waals surface area contributed by atoms with Crippen LogP contribution in [0.2, 0.25) is 0 Å². The van der Waals surface area contributed by atoms with E-state index >= 15 is 0 Å². The number of methoxy groups -OCH3 is 1. The predicted octanol–water partition coefficient (Wildman–Crippen LogP) is 3.22. The van der Waals surface area contributed by atoms with Gasteiger partial charge >= 0.3 is 5.97 Å². The fourth-order valence-corrected chi connectivity index (χ4v) is 2.48. The topological polar surface area (TPSA) is 46.5 Å². The van der Waals surface area contributed by atoms with E-state index < -0.39 is 5.41 Å². The van der Waals surface area contributed by atoms with Gasteiger partial charge in [-0.1, -0.05) is 36.8 Å². The van der Waals surface area contributed by atoms with E-state index in [1.807, 2.05) is 38.1 Å². The van der Waals surface area contributed by atoms with Crippen molar-refractivity contribution < 1.29 is 14.6 Å². The van der Waals surface area contributed by atoms with E-state index in [0.29, 0.717) is 5.92 Å². The molecule has 20 heavy (non-hydrogen) atoms. The summed E-state index contributed by atoms with van der Waals surface area (Å²) in [5.74, 6) is 0.202. The van der Waals surface area contributed by atoms with Crippen LogP contribution in [0.25, 0.3) is 0 Å². The number of esters is 1. The lowest BCUT2D eigenvalue weighted by molar-refractivity contribution is -0.147. The fourth-order valence-electron chi connectivity index (χ4n) is 2.48. The third-order valence-corrected chi connectivity index (χ3v) is 4.05. The third kappa shape index (κ3) is 4.07. The molecule has 2 atom stereocenters. The van der Waals surface area contributed by atoms with E-state index in [9.17, 15) is 4.79 Å². The molecule has 0 heterocycles. The monoisotopic (exact) mass is 278 g/mol. The molecule has 3 heteroatoms. The summed E-state index contributed by atoms with van der Waals surface area (Å²) in [6.45, 7) is 6.26. The number of carbonyl (C=O) groups is 1. The second kappa shape index (κ2) is 7.44. The Morgan fingerprint density at radius 2 is 2.10 bits per heavy atom. The van der Waals surface area contributed by atoms with Gasteiger partial charge in [0.25, 0.3) is 0 Å². The third-order valence-electron chi connectivity index (χ3n) is 4.05. The first-order chi connectivity index (χ1) is 9.43. The maximum absolute atomic E-state index is 12.2. The molecular formula is C17H26O3. The van der Waals surface area contributed by atoms with Gasteiger partial charge in [-0.25, -0.2) is 0 Å². The standard InChI is InChI=1S/C17H26O3/c1-13(9-11-18)8-10-17(3,16(19)20-4)15-7-5-6-14(2)12-15/h5-7,12-13,18H,8-11H2,1-4H3. The van der Waals surface area contributed by atoms with Crippen molar-refractivity contribution in [2.45, 2.75) is 45.4 Å². The molecule has 1 N–H and O–H groups in total. The minimum atomic E-state index is -0.621. The van der Waals surface area contributed by atoms with E-state index in [1.54, 1.807) is 0 Å². The van der Waals surface area contributed by atoms with Crippen molar-refractivity contribution in [1.29, 1.82) is 0 Å². The number of hydrogen-bond acceptors (Lipinski definition) is 3. The molecule has 0 aliphatic carbocycles. The lowest BCUT2D eigenvalue weighted by Gasteiger charge is -2.28. The molecule has 0 bridgehead atoms. The van der Waals surface area contributed by atoms with Crippen LogP contribution in [0, 0.1) is 12.8 Å². The number of hydrogen-bond donors (Lipinski definition) is 1. The number of ether oxygens (including phenoxy) is 1. The van der Waals surface area contributed by atoms with Crippen molar-refractivity contribution in [2.75, 3.05) is 13.7 Å². The van der Waals surface area contributed by atoms with Crippen LogP contribution >= 0.6 is 0 Å². The van der Waals surface area contributed by atoms with Crippen LogP contribution in [0.1, 0.15) is 44.2 Å². The minimum absolute atomic E-state index is 0.195. The van der Waals surface area contributed by atoms with Crippen LogP contribution in [0.5, 0.6) is 0 Å². The summed E-state index contributed by atoms with van der Waals surface area (Å²) >= 11 is 0. The van der Waals surface area contributed by atoms with Gasteiger partial charge in [0.1, 0.15) is 0 Å². The Kier molecular flexibility index (Phi) is 6.21. The average Bonchev–Trinajstić information content (AvgIpc) is 2.44. The lowest BCUT2D eigenvalue weighted by Crippen LogP contribution is -2.34. The molecule has 1 aromatic rings. The first kappa shape index (κ1) is 16.7. The number of aryl methyl sites for hydroxylation is 1. The highest BCUT2D eigenvalue weighted by molar-refractivity contribution is 5.82. The highest BCUT2D eigenvalue weighted by Crippen LogP contribution is 2.33. The van der Waals surface area contributed by atoms with Gasteiger partial charge in [-0.05, 0) is 44.6 Å². The molecular weight excluding hydrogens is 252 g/mol. The number of carbonyl (C=O) groups excluding carboxylic acids is 1. The van der Waals surface area contributed by atoms with Crippen molar-refractivity contribution in [1.82, 2.24) is 0 Å². The molecule has 112 valence electrons. The van der Waals surface area contributed by atoms with E-state index in [4.69, 9.17) is 9.84 Å². The predicted molar refractivity (Wildman–Crippen MR) is 80.6 cm³/mol. The zero-order chi connectivity index (χ0) is 15.2. The maximum Gasteiger partial charge on any atom is 0.315 e. The van der Waals surface area contributed by atoms with Gasteiger partial charge in [0.2, 0.25) is 0 Å². The summed E-state index contributed by atoms with van der Waals surface area (Å²) in [5, 5.41) is 8.98. The van der Waals surface area contributed by atoms with E-state index in [2.05, 4.69) is 6.92 Å². The van der Waals surface area contributed by atoms with Crippen molar-refractivity contribution in [3.05, 3.63) is 35.4 Å². The molecule has 0 fully saturated rings. The van der Waals surface area contributed by atoms with E-state index in [1.165, 1.54) is 7.11 Å². The molecule has 1 aromatic carbocycles. The second-order valence-corrected chi connectivity index (χ2v) is 5.85. The average molecular weight is 278 g/mol. The van der Waals surface area contributed by atoms with Gasteiger partial charge in [0.15, 0.2) is 0 Å². The van der Waals surface area contributed by atoms with Gasteiger partial charge in [0, 0.05) is 6.61 Å². The Labute approximate surface area is 122 Å². The molecule has 0 saturated heterocycles. The van der Waals surface area contributed by atoms with Crippen LogP contribution in [-0.4, -0.2) is 24.8 Å². The Bertz CT molecular complexity index is 442. The largest absolute Gasteiger partial charge is 0.468 e. The molecule has 0 spiro atoms. The van der Waals surface area contributed by atoms with Gasteiger partial charge < -0.3 is 9.84 Å². The highest BCUT2D eigenvalue weighted by Gasteiger charge is 2.36. The van der Waals surface area contributed by atoms with Crippen LogP contribution in [-0.2, 0) is 14.9 Å². The molecule has 0 saturated carbocycles. The summed E-state index contributed by atoms with van der Waals surface area (Å²) in [5.41, 5.74) is 1.52. The smallest absolute Gasteiger partial charge is 0.315 e. The molecule has 0 aliphatic heterocycles. The first-order valence-electron chi connectivity index (χ1n) is 7.20. The Morgan fingerprint density at radius 3 is 2.65 bits per heavy atom. The summed E-state index contributed by atoms with van der Waals surface area (Å²) < 4.78 is 5.01. The molecule has 0 radical (unpaired) electrons. The highest BCUT2D eigenvalue weighted by atomic mass is 16.5. The molecule has 0 aliphatic rings. The van der Waals surface area contributed by atoms with Crippen molar-refractivity contribution in [3.63, 3.8) is 0 Å². The number of rotatable bonds is 7. The van der Waals surface area contributed by atoms with Gasteiger partial charge in [-0.2, -0.15) is 0 Å². The van der Waals surface area contributed by atoms with Crippen LogP contribution in [0.15, 0.2) is 24.3 Å². The summed E-state index contributed by atoms with van der Waals surface area (Å²) in [7, 11) is 1.44. The zero-order valence-corrected chi connectivity index (χ0v) is 13.0. The summed E-state index contributed by atoms with van der Waals surface area (Å²) in [6, 6.07) is 8.03. The first-order valence-corrected chi connectivity index (χ1v) is 7.20. The Morgan fingerprint density at radius 1 is 1.40 bits per heavy atom. The van der Waals surface area contributed by atoms with Crippen molar-refractivity contribution >= 4 is 5.97 Å². The van der Waals surface area contributed by atoms with Crippen molar-refractivity contribution in [3.8, 4) is 0 Å². The summed E-state index contributed by atoms with van der Waals surface area (Å²) in [6.07, 6.45) is 2.38. The lowest BCUT2D eigenvalue weighted by atomic mass is 9.76. The Hall–Kier alpha value is -1.35. The summed E-state index contributed by atoms with van der Waals surface area (Å²) in [4.78, 5) is 12.2. The van der Waals surface area contributed by atoms with Gasteiger partial charge in [-0.3, -0.25) is 4.79 Å². The quantitative estimate of drug-likeness (QED) is 0.779. The van der Waals surface area contributed by atoms with Gasteiger partial charge in [-0.15, -0.1) is 0 Å². The fraction of sp³-hybridized carbons (Fsp3) is 0.588. The molecule has 0 amide bonds. The minimum Gasteiger partial charge on any atom is -0.468 e. The number of aliphatic hydroxyl groups excluding tert-OH is 1. The van der Waals surface area contributed by atoms with Crippen molar-refractivity contribution in [2.24, 2.45) is 5.92 Å². The molecule has 0 aromatic heterocycles. The molecule has 2 unspecified atom stereocenters. The van der Waals surface area contributed by atoms with Crippen LogP contribution in [0.3, 0.4) is 0 Å². The SMILES string of the molecule is COC(=O)C(C)(CCC(C)CCO)c1cccc(C)c1. The van der Waals surface area contributed by atoms with E-state index in [-0.39, 0.29) is 12.6 Å². The van der Waals surface area contributed by atoms with Crippen LogP contribution in [0.4, 0.5) is 0 Å². The number of benzene rings is 1. The van der Waals surface area contributed by atoms with Crippen LogP contribution < -0.4 is 0 Å². The zero-order valence-electron chi connectivity index (χ0n) is 13.0. The molecule has 1 rings (SSSR count). The van der Waals surface area contributed by atoms with E-state index in [0.717, 1.165) is 30.4 Å². The Balaban J connectivity index is 2.95.